The van der Waals surface area contributed by atoms with Gasteiger partial charge in [0.1, 0.15) is 12.4 Å². The number of nitrogens with one attached hydrogen (secondary N) is 2. The van der Waals surface area contributed by atoms with Crippen LogP contribution in [0.2, 0.25) is 0 Å². The van der Waals surface area contributed by atoms with E-state index in [1.54, 1.807) is 13.3 Å². The maximum absolute atomic E-state index is 5.80. The first kappa shape index (κ1) is 22.1. The van der Waals surface area contributed by atoms with E-state index in [9.17, 15) is 0 Å². The first-order valence-corrected chi connectivity index (χ1v) is 10.8. The van der Waals surface area contributed by atoms with E-state index >= 15 is 0 Å². The van der Waals surface area contributed by atoms with E-state index in [-0.39, 0.29) is 0 Å². The van der Waals surface area contributed by atoms with E-state index in [0.29, 0.717) is 18.6 Å². The summed E-state index contributed by atoms with van der Waals surface area (Å²) in [5.74, 6) is 1.68. The monoisotopic (exact) mass is 410 g/mol. The smallest absolute Gasteiger partial charge is 0.191 e. The number of rotatable bonds is 10. The summed E-state index contributed by atoms with van der Waals surface area (Å²) >= 11 is 0. The largest absolute Gasteiger partial charge is 0.487 e. The molecule has 0 atom stereocenters. The average molecular weight is 411 g/mol. The minimum atomic E-state index is 0.334. The number of hydrogen-bond acceptors (Lipinski definition) is 4. The molecule has 1 aromatic carbocycles. The van der Waals surface area contributed by atoms with Crippen LogP contribution in [0, 0.1) is 5.41 Å². The zero-order chi connectivity index (χ0) is 21.1. The molecule has 0 bridgehead atoms. The van der Waals surface area contributed by atoms with Gasteiger partial charge in [-0.3, -0.25) is 9.98 Å². The van der Waals surface area contributed by atoms with E-state index in [2.05, 4.69) is 32.7 Å². The van der Waals surface area contributed by atoms with E-state index in [1.165, 1.54) is 31.2 Å². The first-order chi connectivity index (χ1) is 14.7. The summed E-state index contributed by atoms with van der Waals surface area (Å²) in [5.41, 5.74) is 2.43. The third-order valence-corrected chi connectivity index (χ3v) is 5.85. The lowest BCUT2D eigenvalue weighted by Gasteiger charge is -2.30. The SMILES string of the molecule is CN=C(NCc1ccc(OCc2ccccn2)cc1)NCC1(CCOC)CCCC1. The van der Waals surface area contributed by atoms with Crippen molar-refractivity contribution in [2.45, 2.75) is 45.3 Å². The molecule has 2 N–H and O–H groups in total. The summed E-state index contributed by atoms with van der Waals surface area (Å²) in [4.78, 5) is 8.66. The van der Waals surface area contributed by atoms with Crippen LogP contribution in [0.25, 0.3) is 0 Å². The third kappa shape index (κ3) is 6.73. The first-order valence-electron chi connectivity index (χ1n) is 10.8. The van der Waals surface area contributed by atoms with Crippen LogP contribution in [0.4, 0.5) is 0 Å². The Balaban J connectivity index is 1.44. The number of ether oxygens (including phenoxy) is 2. The molecule has 1 aliphatic rings. The second-order valence-electron chi connectivity index (χ2n) is 7.98. The number of benzene rings is 1. The van der Waals surface area contributed by atoms with Crippen molar-refractivity contribution in [1.29, 1.82) is 0 Å². The molecule has 1 heterocycles. The summed E-state index contributed by atoms with van der Waals surface area (Å²) in [6.07, 6.45) is 8.03. The minimum Gasteiger partial charge on any atom is -0.487 e. The highest BCUT2D eigenvalue weighted by atomic mass is 16.5. The second-order valence-corrected chi connectivity index (χ2v) is 7.98. The standard InChI is InChI=1S/C24H34N4O2/c1-25-23(28-19-24(14-16-29-2)12-4-5-13-24)27-17-20-8-10-22(11-9-20)30-18-21-7-3-6-15-26-21/h3,6-11,15H,4-5,12-14,16-19H2,1-2H3,(H2,25,27,28). The molecule has 1 aliphatic carbocycles. The van der Waals surface area contributed by atoms with Crippen LogP contribution in [0.15, 0.2) is 53.7 Å². The maximum Gasteiger partial charge on any atom is 0.191 e. The van der Waals surface area contributed by atoms with E-state index in [0.717, 1.165) is 37.0 Å². The van der Waals surface area contributed by atoms with Crippen molar-refractivity contribution in [1.82, 2.24) is 15.6 Å². The van der Waals surface area contributed by atoms with Gasteiger partial charge >= 0.3 is 0 Å². The highest BCUT2D eigenvalue weighted by Gasteiger charge is 2.33. The highest BCUT2D eigenvalue weighted by Crippen LogP contribution is 2.40. The zero-order valence-corrected chi connectivity index (χ0v) is 18.2. The molecule has 1 fully saturated rings. The fourth-order valence-electron chi connectivity index (χ4n) is 3.98. The molecule has 1 aromatic heterocycles. The van der Waals surface area contributed by atoms with Crippen molar-refractivity contribution in [2.75, 3.05) is 27.3 Å². The lowest BCUT2D eigenvalue weighted by Crippen LogP contribution is -2.43. The van der Waals surface area contributed by atoms with Crippen LogP contribution in [0.5, 0.6) is 5.75 Å². The molecule has 2 aromatic rings. The van der Waals surface area contributed by atoms with Gasteiger partial charge in [-0.25, -0.2) is 0 Å². The number of nitrogens with zero attached hydrogens (tertiary/aromatic N) is 2. The van der Waals surface area contributed by atoms with Crippen LogP contribution < -0.4 is 15.4 Å². The van der Waals surface area contributed by atoms with Crippen molar-refractivity contribution < 1.29 is 9.47 Å². The fourth-order valence-corrected chi connectivity index (χ4v) is 3.98. The molecule has 0 aliphatic heterocycles. The van der Waals surface area contributed by atoms with E-state index in [4.69, 9.17) is 9.47 Å². The van der Waals surface area contributed by atoms with Crippen molar-refractivity contribution >= 4 is 5.96 Å². The Bertz CT molecular complexity index is 772. The molecular formula is C24H34N4O2. The van der Waals surface area contributed by atoms with Gasteiger partial charge < -0.3 is 20.1 Å². The Morgan fingerprint density at radius 2 is 1.90 bits per heavy atom. The fraction of sp³-hybridized carbons (Fsp3) is 0.500. The van der Waals surface area contributed by atoms with Gasteiger partial charge in [0.2, 0.25) is 0 Å². The summed E-state index contributed by atoms with van der Waals surface area (Å²) in [7, 11) is 3.60. The van der Waals surface area contributed by atoms with Crippen LogP contribution >= 0.6 is 0 Å². The Kier molecular flexibility index (Phi) is 8.51. The quantitative estimate of drug-likeness (QED) is 0.459. The number of aromatic nitrogens is 1. The minimum absolute atomic E-state index is 0.334. The van der Waals surface area contributed by atoms with Gasteiger partial charge in [0.25, 0.3) is 0 Å². The molecule has 0 saturated heterocycles. The number of guanidine groups is 1. The summed E-state index contributed by atoms with van der Waals surface area (Å²) in [5, 5.41) is 6.95. The molecule has 30 heavy (non-hydrogen) atoms. The van der Waals surface area contributed by atoms with Crippen LogP contribution in [0.3, 0.4) is 0 Å². The molecule has 3 rings (SSSR count). The number of aliphatic imine (C=N–C) groups is 1. The normalized spacial score (nSPS) is 15.7. The third-order valence-electron chi connectivity index (χ3n) is 5.85. The topological polar surface area (TPSA) is 67.8 Å². The highest BCUT2D eigenvalue weighted by molar-refractivity contribution is 5.79. The summed E-state index contributed by atoms with van der Waals surface area (Å²) in [6, 6.07) is 14.0. The van der Waals surface area contributed by atoms with Gasteiger partial charge in [-0.15, -0.1) is 0 Å². The summed E-state index contributed by atoms with van der Waals surface area (Å²) < 4.78 is 11.1. The molecule has 0 unspecified atom stereocenters. The predicted molar refractivity (Wildman–Crippen MR) is 121 cm³/mol. The molecule has 1 saturated carbocycles. The van der Waals surface area contributed by atoms with Gasteiger partial charge in [0.15, 0.2) is 5.96 Å². The van der Waals surface area contributed by atoms with Crippen LogP contribution in [-0.4, -0.2) is 38.3 Å². The van der Waals surface area contributed by atoms with Gasteiger partial charge in [0, 0.05) is 40.1 Å². The van der Waals surface area contributed by atoms with E-state index in [1.807, 2.05) is 37.4 Å². The lowest BCUT2D eigenvalue weighted by atomic mass is 9.83. The number of methoxy groups -OCH3 is 1. The molecule has 0 amide bonds. The number of pyridine rings is 1. The molecular weight excluding hydrogens is 376 g/mol. The Labute approximate surface area is 180 Å². The summed E-state index contributed by atoms with van der Waals surface area (Å²) in [6.45, 7) is 2.95. The molecule has 6 heteroatoms. The molecule has 6 nitrogen and oxygen atoms in total. The van der Waals surface area contributed by atoms with Crippen molar-refractivity contribution in [2.24, 2.45) is 10.4 Å². The maximum atomic E-state index is 5.80. The number of hydrogen-bond donors (Lipinski definition) is 2. The molecule has 162 valence electrons. The van der Waals surface area contributed by atoms with Crippen LogP contribution in [0.1, 0.15) is 43.4 Å². The van der Waals surface area contributed by atoms with Crippen molar-refractivity contribution in [3.05, 3.63) is 59.9 Å². The predicted octanol–water partition coefficient (Wildman–Crippen LogP) is 3.92. The van der Waals surface area contributed by atoms with Gasteiger partial charge in [-0.2, -0.15) is 0 Å². The van der Waals surface area contributed by atoms with E-state index < -0.39 is 0 Å². The molecule has 0 radical (unpaired) electrons. The average Bonchev–Trinajstić information content (AvgIpc) is 3.27. The van der Waals surface area contributed by atoms with Gasteiger partial charge in [0.05, 0.1) is 5.69 Å². The lowest BCUT2D eigenvalue weighted by molar-refractivity contribution is 0.138. The second kappa shape index (κ2) is 11.6. The van der Waals surface area contributed by atoms with Gasteiger partial charge in [-0.1, -0.05) is 31.0 Å². The Hall–Kier alpha value is -2.60. The Morgan fingerprint density at radius 1 is 1.10 bits per heavy atom. The van der Waals surface area contributed by atoms with Crippen molar-refractivity contribution in [3.8, 4) is 5.75 Å². The van der Waals surface area contributed by atoms with Crippen LogP contribution in [-0.2, 0) is 17.9 Å². The molecule has 0 spiro atoms. The van der Waals surface area contributed by atoms with Crippen molar-refractivity contribution in [3.63, 3.8) is 0 Å². The zero-order valence-electron chi connectivity index (χ0n) is 18.2. The Morgan fingerprint density at radius 3 is 2.57 bits per heavy atom. The van der Waals surface area contributed by atoms with Gasteiger partial charge in [-0.05, 0) is 54.5 Å².